The molecule has 1 spiro atoms. The number of carbonyl (C=O) groups excluding carboxylic acids is 2. The second-order valence-electron chi connectivity index (χ2n) is 5.72. The number of amides is 2. The second kappa shape index (κ2) is 4.88. The molecule has 0 aromatic carbocycles. The van der Waals surface area contributed by atoms with Crippen molar-refractivity contribution in [2.75, 3.05) is 19.6 Å². The van der Waals surface area contributed by atoms with Crippen LogP contribution < -0.4 is 5.73 Å². The molecular weight excluding hydrogens is 230 g/mol. The summed E-state index contributed by atoms with van der Waals surface area (Å²) < 4.78 is 0. The van der Waals surface area contributed by atoms with Gasteiger partial charge in [-0.15, -0.1) is 0 Å². The lowest BCUT2D eigenvalue weighted by molar-refractivity contribution is -0.150. The first-order valence-corrected chi connectivity index (χ1v) is 6.82. The molecule has 0 aromatic rings. The van der Waals surface area contributed by atoms with E-state index in [1.165, 1.54) is 0 Å². The van der Waals surface area contributed by atoms with Crippen LogP contribution in [0.1, 0.15) is 39.5 Å². The van der Waals surface area contributed by atoms with Gasteiger partial charge < -0.3 is 10.6 Å². The van der Waals surface area contributed by atoms with Crippen LogP contribution in [0.5, 0.6) is 0 Å². The number of carbonyl (C=O) groups is 2. The number of piperidine rings is 1. The maximum absolute atomic E-state index is 12.7. The van der Waals surface area contributed by atoms with E-state index in [0.29, 0.717) is 0 Å². The summed E-state index contributed by atoms with van der Waals surface area (Å²) >= 11 is 0. The molecule has 5 nitrogen and oxygen atoms in total. The van der Waals surface area contributed by atoms with Gasteiger partial charge in [0.15, 0.2) is 0 Å². The topological polar surface area (TPSA) is 66.6 Å². The second-order valence-corrected chi connectivity index (χ2v) is 5.72. The van der Waals surface area contributed by atoms with Gasteiger partial charge in [0.2, 0.25) is 11.8 Å². The fourth-order valence-electron chi connectivity index (χ4n) is 3.39. The van der Waals surface area contributed by atoms with Gasteiger partial charge in [0.25, 0.3) is 0 Å². The van der Waals surface area contributed by atoms with Crippen molar-refractivity contribution in [2.45, 2.75) is 51.1 Å². The molecular formula is C13H23N3O2. The maximum Gasteiger partial charge on any atom is 0.243 e. The summed E-state index contributed by atoms with van der Waals surface area (Å²) in [6, 6.07) is 0.228. The van der Waals surface area contributed by atoms with Crippen molar-refractivity contribution in [3.8, 4) is 0 Å². The van der Waals surface area contributed by atoms with E-state index in [1.54, 1.807) is 0 Å². The summed E-state index contributed by atoms with van der Waals surface area (Å²) in [7, 11) is 0. The number of hydrogen-bond acceptors (Lipinski definition) is 3. The summed E-state index contributed by atoms with van der Waals surface area (Å²) in [4.78, 5) is 27.8. The molecule has 2 heterocycles. The van der Waals surface area contributed by atoms with Crippen molar-refractivity contribution in [2.24, 2.45) is 5.73 Å². The Bertz CT molecular complexity index is 356. The largest absolute Gasteiger partial charge is 0.369 e. The Morgan fingerprint density at radius 2 is 1.94 bits per heavy atom. The number of primary amides is 1. The SMILES string of the molecule is CC(C)N1CCCC2(CCCN2CC(N)=O)C1=O. The van der Waals surface area contributed by atoms with Crippen LogP contribution in [0.2, 0.25) is 0 Å². The van der Waals surface area contributed by atoms with Crippen LogP contribution >= 0.6 is 0 Å². The molecule has 0 aromatic heterocycles. The van der Waals surface area contributed by atoms with E-state index in [4.69, 9.17) is 5.73 Å². The van der Waals surface area contributed by atoms with E-state index >= 15 is 0 Å². The van der Waals surface area contributed by atoms with Crippen molar-refractivity contribution in [1.29, 1.82) is 0 Å². The molecule has 1 atom stereocenters. The molecule has 0 bridgehead atoms. The normalized spacial score (nSPS) is 29.5. The van der Waals surface area contributed by atoms with Crippen molar-refractivity contribution in [3.63, 3.8) is 0 Å². The zero-order valence-corrected chi connectivity index (χ0v) is 11.3. The van der Waals surface area contributed by atoms with Crippen molar-refractivity contribution in [3.05, 3.63) is 0 Å². The van der Waals surface area contributed by atoms with Crippen LogP contribution in [0.3, 0.4) is 0 Å². The van der Waals surface area contributed by atoms with Gasteiger partial charge in [-0.2, -0.15) is 0 Å². The molecule has 2 aliphatic rings. The van der Waals surface area contributed by atoms with Gasteiger partial charge in [-0.25, -0.2) is 0 Å². The highest BCUT2D eigenvalue weighted by atomic mass is 16.2. The number of rotatable bonds is 3. The van der Waals surface area contributed by atoms with Crippen LogP contribution in [-0.4, -0.2) is 52.8 Å². The van der Waals surface area contributed by atoms with Gasteiger partial charge >= 0.3 is 0 Å². The van der Waals surface area contributed by atoms with Crippen LogP contribution in [0, 0.1) is 0 Å². The smallest absolute Gasteiger partial charge is 0.243 e. The Balaban J connectivity index is 2.22. The van der Waals surface area contributed by atoms with E-state index in [1.807, 2.05) is 23.6 Å². The zero-order chi connectivity index (χ0) is 13.3. The van der Waals surface area contributed by atoms with Crippen LogP contribution in [0.15, 0.2) is 0 Å². The van der Waals surface area contributed by atoms with Crippen LogP contribution in [-0.2, 0) is 9.59 Å². The first kappa shape index (κ1) is 13.3. The summed E-state index contributed by atoms with van der Waals surface area (Å²) in [5.41, 5.74) is 4.85. The molecule has 0 radical (unpaired) electrons. The Kier molecular flexibility index (Phi) is 3.61. The summed E-state index contributed by atoms with van der Waals surface area (Å²) in [6.45, 7) is 5.94. The van der Waals surface area contributed by atoms with Gasteiger partial charge in [-0.3, -0.25) is 14.5 Å². The number of likely N-dealkylation sites (tertiary alicyclic amines) is 2. The highest BCUT2D eigenvalue weighted by molar-refractivity contribution is 5.88. The average molecular weight is 253 g/mol. The molecule has 2 rings (SSSR count). The molecule has 18 heavy (non-hydrogen) atoms. The fourth-order valence-corrected chi connectivity index (χ4v) is 3.39. The molecule has 2 saturated heterocycles. The van der Waals surface area contributed by atoms with Crippen LogP contribution in [0.4, 0.5) is 0 Å². The van der Waals surface area contributed by atoms with Crippen molar-refractivity contribution >= 4 is 11.8 Å². The predicted octanol–water partition coefficient (Wildman–Crippen LogP) is 0.337. The predicted molar refractivity (Wildman–Crippen MR) is 68.8 cm³/mol. The zero-order valence-electron chi connectivity index (χ0n) is 11.3. The minimum Gasteiger partial charge on any atom is -0.369 e. The maximum atomic E-state index is 12.7. The van der Waals surface area contributed by atoms with E-state index in [-0.39, 0.29) is 24.4 Å². The molecule has 5 heteroatoms. The third-order valence-electron chi connectivity index (χ3n) is 4.24. The fraction of sp³-hybridized carbons (Fsp3) is 0.846. The lowest BCUT2D eigenvalue weighted by atomic mass is 9.84. The number of hydrogen-bond donors (Lipinski definition) is 1. The van der Waals surface area contributed by atoms with Crippen LogP contribution in [0.25, 0.3) is 0 Å². The summed E-state index contributed by atoms with van der Waals surface area (Å²) in [5.74, 6) is -0.145. The van der Waals surface area contributed by atoms with Crippen molar-refractivity contribution < 1.29 is 9.59 Å². The molecule has 2 aliphatic heterocycles. The van der Waals surface area contributed by atoms with E-state index in [2.05, 4.69) is 0 Å². The van der Waals surface area contributed by atoms with Gasteiger partial charge in [-0.05, 0) is 46.1 Å². The number of nitrogens with two attached hydrogens (primary N) is 1. The van der Waals surface area contributed by atoms with Gasteiger partial charge in [0, 0.05) is 12.6 Å². The molecule has 2 fully saturated rings. The monoisotopic (exact) mass is 253 g/mol. The lowest BCUT2D eigenvalue weighted by Gasteiger charge is -2.45. The standard InChI is InChI=1S/C13H23N3O2/c1-10(2)16-8-4-6-13(12(16)18)5-3-7-15(13)9-11(14)17/h10H,3-9H2,1-2H3,(H2,14,17). The first-order valence-electron chi connectivity index (χ1n) is 6.82. The molecule has 1 unspecified atom stereocenters. The number of nitrogens with zero attached hydrogens (tertiary/aromatic N) is 2. The van der Waals surface area contributed by atoms with Gasteiger partial charge in [0.05, 0.1) is 6.54 Å². The highest BCUT2D eigenvalue weighted by Gasteiger charge is 2.51. The quantitative estimate of drug-likeness (QED) is 0.788. The average Bonchev–Trinajstić information content (AvgIpc) is 2.65. The summed E-state index contributed by atoms with van der Waals surface area (Å²) in [6.07, 6.45) is 3.72. The molecule has 2 amide bonds. The minimum absolute atomic E-state index is 0.197. The molecule has 2 N–H and O–H groups in total. The van der Waals surface area contributed by atoms with E-state index in [9.17, 15) is 9.59 Å². The molecule has 0 aliphatic carbocycles. The Morgan fingerprint density at radius 3 is 2.50 bits per heavy atom. The minimum atomic E-state index is -0.447. The highest BCUT2D eigenvalue weighted by Crippen LogP contribution is 2.38. The Hall–Kier alpha value is -1.10. The van der Waals surface area contributed by atoms with Gasteiger partial charge in [-0.1, -0.05) is 0 Å². The first-order chi connectivity index (χ1) is 8.47. The molecule has 102 valence electrons. The van der Waals surface area contributed by atoms with Gasteiger partial charge in [0.1, 0.15) is 5.54 Å². The van der Waals surface area contributed by atoms with E-state index in [0.717, 1.165) is 38.8 Å². The lowest BCUT2D eigenvalue weighted by Crippen LogP contribution is -2.62. The third kappa shape index (κ3) is 2.11. The third-order valence-corrected chi connectivity index (χ3v) is 4.24. The van der Waals surface area contributed by atoms with E-state index < -0.39 is 5.54 Å². The summed E-state index contributed by atoms with van der Waals surface area (Å²) in [5, 5.41) is 0. The Labute approximate surface area is 108 Å². The van der Waals surface area contributed by atoms with Crippen molar-refractivity contribution in [1.82, 2.24) is 9.80 Å². The Morgan fingerprint density at radius 1 is 1.33 bits per heavy atom. The molecule has 0 saturated carbocycles.